The lowest BCUT2D eigenvalue weighted by Crippen LogP contribution is -3.09. The van der Waals surface area contributed by atoms with E-state index in [2.05, 4.69) is 5.32 Å². The smallest absolute Gasteiger partial charge is 0.329 e. The summed E-state index contributed by atoms with van der Waals surface area (Å²) in [5.74, 6) is 0.256. The van der Waals surface area contributed by atoms with Gasteiger partial charge >= 0.3 is 6.03 Å². The third kappa shape index (κ3) is 4.92. The van der Waals surface area contributed by atoms with Crippen molar-refractivity contribution in [3.63, 3.8) is 0 Å². The number of carbonyl (C=O) groups excluding carboxylic acids is 2. The Bertz CT molecular complexity index is 887. The van der Waals surface area contributed by atoms with E-state index >= 15 is 0 Å². The number of quaternary nitrogens is 1. The van der Waals surface area contributed by atoms with Crippen LogP contribution in [0.15, 0.2) is 48.5 Å². The van der Waals surface area contributed by atoms with Gasteiger partial charge in [0.1, 0.15) is 23.7 Å². The van der Waals surface area contributed by atoms with E-state index in [9.17, 15) is 14.0 Å². The minimum atomic E-state index is -0.934. The lowest BCUT2D eigenvalue weighted by atomic mass is 9.93. The van der Waals surface area contributed by atoms with Crippen LogP contribution in [0, 0.1) is 5.82 Å². The second-order valence-electron chi connectivity index (χ2n) is 7.77. The summed E-state index contributed by atoms with van der Waals surface area (Å²) >= 11 is 0. The fourth-order valence-electron chi connectivity index (χ4n) is 3.57. The van der Waals surface area contributed by atoms with Gasteiger partial charge in [-0.25, -0.2) is 14.1 Å². The Morgan fingerprint density at radius 3 is 2.52 bits per heavy atom. The summed E-state index contributed by atoms with van der Waals surface area (Å²) in [5.41, 5.74) is 0.953. The number of hydrogen-bond donors (Lipinski definition) is 2. The van der Waals surface area contributed by atoms with Crippen molar-refractivity contribution in [2.24, 2.45) is 0 Å². The quantitative estimate of drug-likeness (QED) is 0.664. The van der Waals surface area contributed by atoms with Crippen LogP contribution in [0.4, 0.5) is 9.18 Å². The molecule has 0 radical (unpaired) electrons. The van der Waals surface area contributed by atoms with Crippen molar-refractivity contribution in [3.05, 3.63) is 65.5 Å². The van der Waals surface area contributed by atoms with E-state index in [-0.39, 0.29) is 24.4 Å². The van der Waals surface area contributed by atoms with Gasteiger partial charge in [-0.2, -0.15) is 0 Å². The number of carbonyl (C=O) groups is 2. The standard InChI is InChI=1S/C22H26FN3O3/c1-22(12-11-16-7-9-19(29-3)10-8-16)20(27)26(21(28)24-22)15-25(2)14-17-5-4-6-18(23)13-17/h4-10,13H,11-12,14-15H2,1-3H3,(H,24,28)/p+1/t22-/m1/s1. The van der Waals surface area contributed by atoms with Gasteiger partial charge < -0.3 is 15.0 Å². The number of hydrogen-bond acceptors (Lipinski definition) is 3. The van der Waals surface area contributed by atoms with E-state index in [1.54, 1.807) is 20.1 Å². The zero-order chi connectivity index (χ0) is 21.0. The number of ether oxygens (including phenoxy) is 1. The van der Waals surface area contributed by atoms with Gasteiger partial charge in [0.05, 0.1) is 14.2 Å². The summed E-state index contributed by atoms with van der Waals surface area (Å²) in [6.07, 6.45) is 1.16. The Morgan fingerprint density at radius 2 is 1.86 bits per heavy atom. The molecule has 2 aromatic carbocycles. The Labute approximate surface area is 170 Å². The Hall–Kier alpha value is -2.93. The number of imide groups is 1. The number of aryl methyl sites for hydroxylation is 1. The van der Waals surface area contributed by atoms with Crippen LogP contribution < -0.4 is 15.0 Å². The highest BCUT2D eigenvalue weighted by Gasteiger charge is 2.48. The average molecular weight is 400 g/mol. The molecule has 3 rings (SSSR count). The molecular formula is C22H27FN3O3+. The zero-order valence-corrected chi connectivity index (χ0v) is 17.0. The minimum absolute atomic E-state index is 0.222. The molecular weight excluding hydrogens is 373 g/mol. The molecule has 6 nitrogen and oxygen atoms in total. The second kappa shape index (κ2) is 8.61. The molecule has 1 heterocycles. The lowest BCUT2D eigenvalue weighted by molar-refractivity contribution is -0.901. The molecule has 1 aliphatic heterocycles. The molecule has 1 aliphatic rings. The monoisotopic (exact) mass is 400 g/mol. The molecule has 0 aromatic heterocycles. The van der Waals surface area contributed by atoms with Crippen LogP contribution >= 0.6 is 0 Å². The van der Waals surface area contributed by atoms with E-state index in [1.165, 1.54) is 17.0 Å². The molecule has 0 saturated carbocycles. The molecule has 3 amide bonds. The van der Waals surface area contributed by atoms with E-state index < -0.39 is 5.54 Å². The summed E-state index contributed by atoms with van der Waals surface area (Å²) < 4.78 is 18.5. The first-order chi connectivity index (χ1) is 13.8. The van der Waals surface area contributed by atoms with Crippen LogP contribution in [0.2, 0.25) is 0 Å². The highest BCUT2D eigenvalue weighted by molar-refractivity contribution is 6.06. The maximum atomic E-state index is 13.4. The highest BCUT2D eigenvalue weighted by Crippen LogP contribution is 2.23. The molecule has 1 fully saturated rings. The van der Waals surface area contributed by atoms with Crippen molar-refractivity contribution >= 4 is 11.9 Å². The Kier molecular flexibility index (Phi) is 6.17. The maximum Gasteiger partial charge on any atom is 0.329 e. The number of nitrogens with zero attached hydrogens (tertiary/aromatic N) is 1. The van der Waals surface area contributed by atoms with Crippen molar-refractivity contribution in [2.75, 3.05) is 20.8 Å². The van der Waals surface area contributed by atoms with Crippen LogP contribution in [0.3, 0.4) is 0 Å². The normalized spacial score (nSPS) is 19.9. The fraction of sp³-hybridized carbons (Fsp3) is 0.364. The summed E-state index contributed by atoms with van der Waals surface area (Å²) in [4.78, 5) is 27.6. The van der Waals surface area contributed by atoms with Crippen molar-refractivity contribution in [3.8, 4) is 5.75 Å². The number of halogens is 1. The molecule has 0 bridgehead atoms. The molecule has 0 aliphatic carbocycles. The predicted molar refractivity (Wildman–Crippen MR) is 107 cm³/mol. The van der Waals surface area contributed by atoms with Crippen molar-refractivity contribution in [1.82, 2.24) is 10.2 Å². The summed E-state index contributed by atoms with van der Waals surface area (Å²) in [7, 11) is 3.49. The van der Waals surface area contributed by atoms with Crippen molar-refractivity contribution in [1.29, 1.82) is 0 Å². The van der Waals surface area contributed by atoms with Crippen LogP contribution in [0.5, 0.6) is 5.75 Å². The van der Waals surface area contributed by atoms with Gasteiger partial charge in [-0.15, -0.1) is 0 Å². The van der Waals surface area contributed by atoms with Crippen LogP contribution in [-0.4, -0.2) is 43.2 Å². The zero-order valence-electron chi connectivity index (χ0n) is 17.0. The van der Waals surface area contributed by atoms with Gasteiger partial charge in [0, 0.05) is 5.56 Å². The van der Waals surface area contributed by atoms with Gasteiger partial charge in [-0.1, -0.05) is 24.3 Å². The van der Waals surface area contributed by atoms with Gasteiger partial charge in [0.15, 0.2) is 6.67 Å². The van der Waals surface area contributed by atoms with E-state index in [1.807, 2.05) is 37.4 Å². The van der Waals surface area contributed by atoms with Crippen molar-refractivity contribution in [2.45, 2.75) is 31.8 Å². The van der Waals surface area contributed by atoms with Crippen LogP contribution in [-0.2, 0) is 17.8 Å². The number of rotatable bonds is 8. The topological polar surface area (TPSA) is 63.1 Å². The minimum Gasteiger partial charge on any atom is -0.497 e. The lowest BCUT2D eigenvalue weighted by Gasteiger charge is -2.23. The first-order valence-electron chi connectivity index (χ1n) is 9.63. The van der Waals surface area contributed by atoms with Gasteiger partial charge in [-0.05, 0) is 49.6 Å². The van der Waals surface area contributed by atoms with Gasteiger partial charge in [-0.3, -0.25) is 4.79 Å². The van der Waals surface area contributed by atoms with E-state index in [0.717, 1.165) is 21.8 Å². The third-order valence-electron chi connectivity index (χ3n) is 5.24. The maximum absolute atomic E-state index is 13.4. The molecule has 1 saturated heterocycles. The summed E-state index contributed by atoms with van der Waals surface area (Å²) in [6.45, 7) is 2.50. The summed E-state index contributed by atoms with van der Waals surface area (Å²) in [6, 6.07) is 13.6. The molecule has 0 spiro atoms. The number of urea groups is 1. The molecule has 2 aromatic rings. The molecule has 2 N–H and O–H groups in total. The molecule has 2 atom stereocenters. The van der Waals surface area contributed by atoms with Gasteiger partial charge in [0.25, 0.3) is 5.91 Å². The molecule has 1 unspecified atom stereocenters. The van der Waals surface area contributed by atoms with Crippen LogP contribution in [0.1, 0.15) is 24.5 Å². The average Bonchev–Trinajstić information content (AvgIpc) is 2.90. The fourth-order valence-corrected chi connectivity index (χ4v) is 3.57. The largest absolute Gasteiger partial charge is 0.497 e. The van der Waals surface area contributed by atoms with Crippen LogP contribution in [0.25, 0.3) is 0 Å². The first-order valence-corrected chi connectivity index (χ1v) is 9.63. The highest BCUT2D eigenvalue weighted by atomic mass is 19.1. The van der Waals surface area contributed by atoms with E-state index in [0.29, 0.717) is 19.4 Å². The van der Waals surface area contributed by atoms with Crippen molar-refractivity contribution < 1.29 is 23.6 Å². The number of methoxy groups -OCH3 is 1. The predicted octanol–water partition coefficient (Wildman–Crippen LogP) is 1.75. The number of benzene rings is 2. The Balaban J connectivity index is 1.60. The number of amides is 3. The SMILES string of the molecule is COc1ccc(CC[C@@]2(C)NC(=O)N(C[NH+](C)Cc3cccc(F)c3)C2=O)cc1. The molecule has 154 valence electrons. The second-order valence-corrected chi connectivity index (χ2v) is 7.77. The Morgan fingerprint density at radius 1 is 1.14 bits per heavy atom. The van der Waals surface area contributed by atoms with Gasteiger partial charge in [0.2, 0.25) is 0 Å². The van der Waals surface area contributed by atoms with E-state index in [4.69, 9.17) is 4.74 Å². The molecule has 29 heavy (non-hydrogen) atoms. The number of nitrogens with one attached hydrogen (secondary N) is 2. The summed E-state index contributed by atoms with van der Waals surface area (Å²) in [5, 5.41) is 2.84. The third-order valence-corrected chi connectivity index (χ3v) is 5.24. The molecule has 7 heteroatoms. The first kappa shape index (κ1) is 20.8.